The third-order valence-electron chi connectivity index (χ3n) is 4.21. The normalized spacial score (nSPS) is 13.8. The molecule has 1 aromatic carbocycles. The van der Waals surface area contributed by atoms with Crippen LogP contribution in [0, 0.1) is 11.8 Å². The molecule has 0 aliphatic rings. The summed E-state index contributed by atoms with van der Waals surface area (Å²) in [6, 6.07) is 5.09. The van der Waals surface area contributed by atoms with Crippen LogP contribution in [0.2, 0.25) is 0 Å². The van der Waals surface area contributed by atoms with Gasteiger partial charge in [0.15, 0.2) is 0 Å². The number of rotatable bonds is 7. The number of carbonyl (C=O) groups excluding carboxylic acids is 1. The first-order valence-corrected chi connectivity index (χ1v) is 8.71. The summed E-state index contributed by atoms with van der Waals surface area (Å²) in [7, 11) is 0. The smallest absolute Gasteiger partial charge is 0.326 e. The lowest BCUT2D eigenvalue weighted by atomic mass is 10.00. The molecule has 1 amide bonds. The molecule has 0 fully saturated rings. The molecule has 2 N–H and O–H groups in total. The highest BCUT2D eigenvalue weighted by atomic mass is 16.4. The Bertz CT molecular complexity index is 857. The fraction of sp³-hybridized carbons (Fsp3) is 0.474. The van der Waals surface area contributed by atoms with Gasteiger partial charge in [0.1, 0.15) is 12.1 Å². The van der Waals surface area contributed by atoms with Gasteiger partial charge in [0.2, 0.25) is 5.91 Å². The molecule has 7 nitrogen and oxygen atoms in total. The Morgan fingerprint density at radius 3 is 2.42 bits per heavy atom. The van der Waals surface area contributed by atoms with E-state index in [1.807, 2.05) is 27.7 Å². The molecule has 0 spiro atoms. The number of hydrogen-bond acceptors (Lipinski definition) is 4. The number of nitrogens with zero attached hydrogens (tertiary/aromatic N) is 2. The molecule has 0 aliphatic carbocycles. The second-order valence-electron chi connectivity index (χ2n) is 7.19. The number of carboxylic acid groups (broad SMARTS) is 1. The van der Waals surface area contributed by atoms with Gasteiger partial charge < -0.3 is 10.4 Å². The summed E-state index contributed by atoms with van der Waals surface area (Å²) < 4.78 is 1.29. The van der Waals surface area contributed by atoms with Crippen molar-refractivity contribution < 1.29 is 14.7 Å². The molecule has 2 atom stereocenters. The maximum absolute atomic E-state index is 12.8. The summed E-state index contributed by atoms with van der Waals surface area (Å²) in [6.07, 6.45) is 1.67. The van der Waals surface area contributed by atoms with Crippen molar-refractivity contribution in [1.29, 1.82) is 0 Å². The highest BCUT2D eigenvalue weighted by Gasteiger charge is 2.30. The summed E-state index contributed by atoms with van der Waals surface area (Å²) in [5.41, 5.74) is 0.236. The van der Waals surface area contributed by atoms with E-state index in [9.17, 15) is 19.5 Å². The SMILES string of the molecule is CC(C)CC(NC(=O)C(C(C)C)n1cnc2ccccc2c1=O)C(=O)O. The van der Waals surface area contributed by atoms with Crippen LogP contribution in [0.3, 0.4) is 0 Å². The molecule has 2 unspecified atom stereocenters. The van der Waals surface area contributed by atoms with Crippen LogP contribution in [0.4, 0.5) is 0 Å². The molecule has 140 valence electrons. The van der Waals surface area contributed by atoms with Crippen molar-refractivity contribution in [2.24, 2.45) is 11.8 Å². The van der Waals surface area contributed by atoms with Crippen molar-refractivity contribution >= 4 is 22.8 Å². The largest absolute Gasteiger partial charge is 0.480 e. The summed E-state index contributed by atoms with van der Waals surface area (Å²) in [6.45, 7) is 7.40. The number of carbonyl (C=O) groups is 2. The average molecular weight is 359 g/mol. The molecule has 2 aromatic rings. The van der Waals surface area contributed by atoms with Gasteiger partial charge in [0.05, 0.1) is 17.2 Å². The minimum atomic E-state index is -1.08. The Hall–Kier alpha value is -2.70. The Labute approximate surface area is 152 Å². The number of hydrogen-bond donors (Lipinski definition) is 2. The van der Waals surface area contributed by atoms with Crippen LogP contribution < -0.4 is 10.9 Å². The molecule has 1 heterocycles. The average Bonchev–Trinajstić information content (AvgIpc) is 2.56. The van der Waals surface area contributed by atoms with Crippen LogP contribution in [0.1, 0.15) is 40.2 Å². The second kappa shape index (κ2) is 8.12. The van der Waals surface area contributed by atoms with Gasteiger partial charge in [-0.2, -0.15) is 0 Å². The van der Waals surface area contributed by atoms with Crippen LogP contribution >= 0.6 is 0 Å². The van der Waals surface area contributed by atoms with Gasteiger partial charge in [-0.3, -0.25) is 14.2 Å². The number of benzene rings is 1. The molecule has 26 heavy (non-hydrogen) atoms. The first-order chi connectivity index (χ1) is 12.2. The van der Waals surface area contributed by atoms with Crippen molar-refractivity contribution in [2.45, 2.75) is 46.2 Å². The zero-order valence-corrected chi connectivity index (χ0v) is 15.5. The van der Waals surface area contributed by atoms with Crippen LogP contribution in [0.5, 0.6) is 0 Å². The van der Waals surface area contributed by atoms with Crippen molar-refractivity contribution in [3.63, 3.8) is 0 Å². The first-order valence-electron chi connectivity index (χ1n) is 8.71. The maximum atomic E-state index is 12.8. The number of para-hydroxylation sites is 1. The van der Waals surface area contributed by atoms with Crippen LogP contribution in [-0.2, 0) is 9.59 Å². The Kier molecular flexibility index (Phi) is 6.13. The molecule has 0 aliphatic heterocycles. The molecule has 0 saturated heterocycles. The fourth-order valence-corrected chi connectivity index (χ4v) is 2.98. The number of aromatic nitrogens is 2. The molecule has 1 aromatic heterocycles. The minimum Gasteiger partial charge on any atom is -0.480 e. The zero-order valence-electron chi connectivity index (χ0n) is 15.5. The van der Waals surface area contributed by atoms with Gasteiger partial charge in [-0.1, -0.05) is 39.8 Å². The Morgan fingerprint density at radius 2 is 1.85 bits per heavy atom. The standard InChI is InChI=1S/C19H25N3O4/c1-11(2)9-15(19(25)26)21-17(23)16(12(3)4)22-10-20-14-8-6-5-7-13(14)18(22)24/h5-8,10-12,15-16H,9H2,1-4H3,(H,21,23)(H,25,26). The summed E-state index contributed by atoms with van der Waals surface area (Å²) in [5, 5.41) is 12.4. The van der Waals surface area contributed by atoms with E-state index in [0.29, 0.717) is 17.3 Å². The van der Waals surface area contributed by atoms with E-state index in [4.69, 9.17) is 0 Å². The molecule has 0 bridgehead atoms. The lowest BCUT2D eigenvalue weighted by Crippen LogP contribution is -2.47. The first kappa shape index (κ1) is 19.6. The van der Waals surface area contributed by atoms with Gasteiger partial charge in [-0.05, 0) is 30.4 Å². The van der Waals surface area contributed by atoms with E-state index in [-0.39, 0.29) is 17.4 Å². The van der Waals surface area contributed by atoms with Gasteiger partial charge in [0, 0.05) is 0 Å². The van der Waals surface area contributed by atoms with E-state index in [0.717, 1.165) is 0 Å². The second-order valence-corrected chi connectivity index (χ2v) is 7.19. The number of amides is 1. The molecule has 0 saturated carbocycles. The lowest BCUT2D eigenvalue weighted by Gasteiger charge is -2.25. The third kappa shape index (κ3) is 4.28. The molecular weight excluding hydrogens is 334 g/mol. The monoisotopic (exact) mass is 359 g/mol. The van der Waals surface area contributed by atoms with Crippen molar-refractivity contribution in [3.8, 4) is 0 Å². The van der Waals surface area contributed by atoms with Gasteiger partial charge in [-0.25, -0.2) is 9.78 Å². The number of fused-ring (bicyclic) bond motifs is 1. The van der Waals surface area contributed by atoms with Crippen molar-refractivity contribution in [1.82, 2.24) is 14.9 Å². The lowest BCUT2D eigenvalue weighted by molar-refractivity contribution is -0.143. The number of carboxylic acids is 1. The molecule has 7 heteroatoms. The zero-order chi connectivity index (χ0) is 19.4. The predicted molar refractivity (Wildman–Crippen MR) is 98.9 cm³/mol. The van der Waals surface area contributed by atoms with Crippen molar-refractivity contribution in [3.05, 3.63) is 40.9 Å². The van der Waals surface area contributed by atoms with Gasteiger partial charge >= 0.3 is 5.97 Å². The minimum absolute atomic E-state index is 0.110. The summed E-state index contributed by atoms with van der Waals surface area (Å²) >= 11 is 0. The maximum Gasteiger partial charge on any atom is 0.326 e. The highest BCUT2D eigenvalue weighted by Crippen LogP contribution is 2.18. The van der Waals surface area contributed by atoms with E-state index in [2.05, 4.69) is 10.3 Å². The van der Waals surface area contributed by atoms with Gasteiger partial charge in [-0.15, -0.1) is 0 Å². The predicted octanol–water partition coefficient (Wildman–Crippen LogP) is 2.21. The summed E-state index contributed by atoms with van der Waals surface area (Å²) in [4.78, 5) is 41.3. The number of aliphatic carboxylic acids is 1. The van der Waals surface area contributed by atoms with E-state index >= 15 is 0 Å². The Morgan fingerprint density at radius 1 is 1.19 bits per heavy atom. The number of nitrogens with one attached hydrogen (secondary N) is 1. The molecule has 0 radical (unpaired) electrons. The van der Waals surface area contributed by atoms with E-state index in [1.54, 1.807) is 24.3 Å². The topological polar surface area (TPSA) is 101 Å². The quantitative estimate of drug-likeness (QED) is 0.789. The van der Waals surface area contributed by atoms with Crippen LogP contribution in [0.25, 0.3) is 10.9 Å². The Balaban J connectivity index is 2.40. The fourth-order valence-electron chi connectivity index (χ4n) is 2.98. The third-order valence-corrected chi connectivity index (χ3v) is 4.21. The highest BCUT2D eigenvalue weighted by molar-refractivity contribution is 5.86. The van der Waals surface area contributed by atoms with Crippen LogP contribution in [0.15, 0.2) is 35.4 Å². The van der Waals surface area contributed by atoms with E-state index in [1.165, 1.54) is 10.9 Å². The molecule has 2 rings (SSSR count). The summed E-state index contributed by atoms with van der Waals surface area (Å²) in [5.74, 6) is -1.69. The van der Waals surface area contributed by atoms with E-state index < -0.39 is 24.0 Å². The van der Waals surface area contributed by atoms with Crippen LogP contribution in [-0.4, -0.2) is 32.6 Å². The van der Waals surface area contributed by atoms with Crippen molar-refractivity contribution in [2.75, 3.05) is 0 Å². The van der Waals surface area contributed by atoms with Gasteiger partial charge in [0.25, 0.3) is 5.56 Å². The molecular formula is C19H25N3O4.